The number of ether oxygens (including phenoxy) is 1. The van der Waals surface area contributed by atoms with Crippen molar-refractivity contribution in [2.75, 3.05) is 19.0 Å². The Morgan fingerprint density at radius 2 is 2.15 bits per heavy atom. The van der Waals surface area contributed by atoms with E-state index in [1.807, 2.05) is 40.3 Å². The first-order chi connectivity index (χ1) is 12.7. The van der Waals surface area contributed by atoms with Crippen LogP contribution in [0.5, 0.6) is 5.75 Å². The van der Waals surface area contributed by atoms with Gasteiger partial charge in [-0.1, -0.05) is 17.4 Å². The summed E-state index contributed by atoms with van der Waals surface area (Å²) >= 11 is 8.87. The maximum absolute atomic E-state index is 5.54. The second kappa shape index (κ2) is 7.87. The molecule has 4 rings (SSSR count). The average Bonchev–Trinajstić information content (AvgIpc) is 3.38. The van der Waals surface area contributed by atoms with Crippen LogP contribution < -0.4 is 10.1 Å². The molecule has 0 spiro atoms. The minimum atomic E-state index is 0.483. The number of thiophene rings is 1. The number of hydrogen-bond donors (Lipinski definition) is 1. The Labute approximate surface area is 165 Å². The van der Waals surface area contributed by atoms with E-state index in [9.17, 15) is 0 Å². The van der Waals surface area contributed by atoms with Crippen LogP contribution in [0.3, 0.4) is 0 Å². The molecule has 1 aromatic carbocycles. The number of rotatable bonds is 6. The zero-order chi connectivity index (χ0) is 17.9. The van der Waals surface area contributed by atoms with Crippen LogP contribution >= 0.6 is 34.9 Å². The van der Waals surface area contributed by atoms with E-state index < -0.39 is 0 Å². The molecule has 1 atom stereocenters. The van der Waals surface area contributed by atoms with Crippen LogP contribution in [0.4, 0.5) is 10.8 Å². The van der Waals surface area contributed by atoms with Gasteiger partial charge in [0.25, 0.3) is 0 Å². The summed E-state index contributed by atoms with van der Waals surface area (Å²) in [4.78, 5) is 3.90. The maximum Gasteiger partial charge on any atom is 0.209 e. The smallest absolute Gasteiger partial charge is 0.209 e. The van der Waals surface area contributed by atoms with Gasteiger partial charge in [-0.3, -0.25) is 4.90 Å². The first-order valence-corrected chi connectivity index (χ1v) is 10.6. The van der Waals surface area contributed by atoms with Gasteiger partial charge in [0.2, 0.25) is 5.13 Å². The molecule has 1 aliphatic heterocycles. The van der Waals surface area contributed by atoms with Crippen molar-refractivity contribution in [2.45, 2.75) is 25.6 Å². The molecule has 0 unspecified atom stereocenters. The fourth-order valence-electron chi connectivity index (χ4n) is 3.21. The number of likely N-dealkylation sites (tertiary alicyclic amines) is 1. The molecule has 0 amide bonds. The first kappa shape index (κ1) is 17.7. The molecular weight excluding hydrogens is 384 g/mol. The molecular formula is C18H20N4OS3. The monoisotopic (exact) mass is 404 g/mol. The zero-order valence-electron chi connectivity index (χ0n) is 14.4. The normalized spacial score (nSPS) is 17.5. The highest BCUT2D eigenvalue weighted by atomic mass is 32.1. The molecule has 1 fully saturated rings. The number of nitrogens with one attached hydrogen (secondary N) is 1. The maximum atomic E-state index is 5.54. The Bertz CT molecular complexity index is 901. The van der Waals surface area contributed by atoms with E-state index >= 15 is 0 Å². The number of hydrogen-bond acceptors (Lipinski definition) is 7. The fraction of sp³-hybridized carbons (Fsp3) is 0.333. The van der Waals surface area contributed by atoms with Gasteiger partial charge in [-0.15, -0.1) is 16.4 Å². The summed E-state index contributed by atoms with van der Waals surface area (Å²) in [6.07, 6.45) is 2.42. The highest BCUT2D eigenvalue weighted by Gasteiger charge is 2.27. The molecule has 0 bridgehead atoms. The quantitative estimate of drug-likeness (QED) is 0.566. The predicted octanol–water partition coefficient (Wildman–Crippen LogP) is 5.28. The van der Waals surface area contributed by atoms with Gasteiger partial charge in [0, 0.05) is 23.2 Å². The number of benzene rings is 1. The summed E-state index contributed by atoms with van der Waals surface area (Å²) in [7, 11) is 1.66. The van der Waals surface area contributed by atoms with E-state index in [1.165, 1.54) is 29.1 Å². The van der Waals surface area contributed by atoms with E-state index in [0.29, 0.717) is 6.04 Å². The van der Waals surface area contributed by atoms with Crippen LogP contribution in [0.15, 0.2) is 41.8 Å². The van der Waals surface area contributed by atoms with Crippen LogP contribution in [0, 0.1) is 3.95 Å². The Hall–Kier alpha value is -1.74. The highest BCUT2D eigenvalue weighted by molar-refractivity contribution is 7.73. The summed E-state index contributed by atoms with van der Waals surface area (Å²) in [5.74, 6) is 0.836. The lowest BCUT2D eigenvalue weighted by Crippen LogP contribution is -2.26. The minimum absolute atomic E-state index is 0.483. The lowest BCUT2D eigenvalue weighted by molar-refractivity contribution is 0.193. The molecule has 0 radical (unpaired) electrons. The number of aromatic nitrogens is 2. The van der Waals surface area contributed by atoms with Crippen LogP contribution in [0.25, 0.3) is 0 Å². The van der Waals surface area contributed by atoms with Crippen LogP contribution in [-0.4, -0.2) is 28.3 Å². The van der Waals surface area contributed by atoms with Gasteiger partial charge in [-0.25, -0.2) is 4.68 Å². The topological polar surface area (TPSA) is 42.3 Å². The van der Waals surface area contributed by atoms with Gasteiger partial charge < -0.3 is 10.1 Å². The molecule has 1 saturated heterocycles. The van der Waals surface area contributed by atoms with E-state index in [1.54, 1.807) is 7.11 Å². The second-order valence-electron chi connectivity index (χ2n) is 6.15. The van der Waals surface area contributed by atoms with Gasteiger partial charge in [0.15, 0.2) is 3.95 Å². The summed E-state index contributed by atoms with van der Waals surface area (Å²) in [6, 6.07) is 12.6. The minimum Gasteiger partial charge on any atom is -0.497 e. The van der Waals surface area contributed by atoms with Crippen molar-refractivity contribution in [1.82, 2.24) is 14.7 Å². The van der Waals surface area contributed by atoms with Gasteiger partial charge in [-0.2, -0.15) is 0 Å². The summed E-state index contributed by atoms with van der Waals surface area (Å²) in [5, 5.41) is 11.0. The third kappa shape index (κ3) is 3.83. The van der Waals surface area contributed by atoms with E-state index in [0.717, 1.165) is 33.7 Å². The van der Waals surface area contributed by atoms with Crippen molar-refractivity contribution in [2.24, 2.45) is 0 Å². The Morgan fingerprint density at radius 3 is 2.88 bits per heavy atom. The zero-order valence-corrected chi connectivity index (χ0v) is 16.9. The lowest BCUT2D eigenvalue weighted by Gasteiger charge is -2.23. The van der Waals surface area contributed by atoms with Crippen molar-refractivity contribution in [3.8, 4) is 5.75 Å². The summed E-state index contributed by atoms with van der Waals surface area (Å²) < 4.78 is 7.91. The summed E-state index contributed by atoms with van der Waals surface area (Å²) in [5.41, 5.74) is 0.972. The van der Waals surface area contributed by atoms with E-state index in [2.05, 4.69) is 32.8 Å². The fourth-order valence-corrected chi connectivity index (χ4v) is 5.12. The average molecular weight is 405 g/mol. The van der Waals surface area contributed by atoms with Crippen molar-refractivity contribution >= 4 is 45.7 Å². The van der Waals surface area contributed by atoms with Crippen molar-refractivity contribution in [3.05, 3.63) is 50.6 Å². The largest absolute Gasteiger partial charge is 0.497 e. The van der Waals surface area contributed by atoms with Gasteiger partial charge in [-0.05, 0) is 60.8 Å². The third-order valence-corrected chi connectivity index (χ3v) is 6.70. The number of nitrogens with zero attached hydrogens (tertiary/aromatic N) is 3. The van der Waals surface area contributed by atoms with Crippen LogP contribution in [-0.2, 0) is 6.67 Å². The molecule has 2 aromatic heterocycles. The van der Waals surface area contributed by atoms with Crippen molar-refractivity contribution in [1.29, 1.82) is 0 Å². The molecule has 3 heterocycles. The highest BCUT2D eigenvalue weighted by Crippen LogP contribution is 2.35. The Morgan fingerprint density at radius 1 is 1.31 bits per heavy atom. The Balaban J connectivity index is 1.47. The number of methoxy groups -OCH3 is 1. The molecule has 136 valence electrons. The second-order valence-corrected chi connectivity index (χ2v) is 8.76. The molecule has 1 N–H and O–H groups in total. The molecule has 3 aromatic rings. The van der Waals surface area contributed by atoms with E-state index in [-0.39, 0.29) is 0 Å². The van der Waals surface area contributed by atoms with Crippen LogP contribution in [0.1, 0.15) is 23.8 Å². The molecule has 26 heavy (non-hydrogen) atoms. The molecule has 5 nitrogen and oxygen atoms in total. The van der Waals surface area contributed by atoms with Crippen LogP contribution in [0.2, 0.25) is 0 Å². The third-order valence-electron chi connectivity index (χ3n) is 4.50. The van der Waals surface area contributed by atoms with Gasteiger partial charge >= 0.3 is 0 Å². The van der Waals surface area contributed by atoms with Gasteiger partial charge in [0.05, 0.1) is 13.8 Å². The predicted molar refractivity (Wildman–Crippen MR) is 110 cm³/mol. The van der Waals surface area contributed by atoms with Gasteiger partial charge in [0.1, 0.15) is 5.75 Å². The summed E-state index contributed by atoms with van der Waals surface area (Å²) in [6.45, 7) is 1.82. The van der Waals surface area contributed by atoms with Crippen molar-refractivity contribution < 1.29 is 4.74 Å². The standard InChI is InChI=1S/C18H20N4OS3/c1-23-14-8-6-13(7-9-14)19-17-20-22(18(24)26-17)12-21-10-2-4-15(21)16-5-3-11-25-16/h3,5-9,11,15H,2,4,10,12H2,1H3,(H,19,20)/t15-/m0/s1. The molecule has 1 aliphatic rings. The van der Waals surface area contributed by atoms with E-state index in [4.69, 9.17) is 17.0 Å². The SMILES string of the molecule is COc1ccc(Nc2nn(CN3CCC[C@H]3c3cccs3)c(=S)s2)cc1. The Kier molecular flexibility index (Phi) is 5.35. The molecule has 0 saturated carbocycles. The number of anilines is 2. The lowest BCUT2D eigenvalue weighted by atomic mass is 10.2. The molecule has 8 heteroatoms. The first-order valence-electron chi connectivity index (χ1n) is 8.49. The van der Waals surface area contributed by atoms with Crippen molar-refractivity contribution in [3.63, 3.8) is 0 Å². The molecule has 0 aliphatic carbocycles.